The molecule has 6 aliphatic carbocycles. The highest BCUT2D eigenvalue weighted by atomic mass is 32.2. The van der Waals surface area contributed by atoms with Crippen molar-refractivity contribution in [3.8, 4) is 0 Å². The van der Waals surface area contributed by atoms with E-state index in [0.717, 1.165) is 57.9 Å². The summed E-state index contributed by atoms with van der Waals surface area (Å²) in [6, 6.07) is -0.944. The highest BCUT2D eigenvalue weighted by Crippen LogP contribution is 2.89. The second kappa shape index (κ2) is 16.4. The third-order valence-electron chi connectivity index (χ3n) is 20.8. The van der Waals surface area contributed by atoms with Gasteiger partial charge >= 0.3 is 26.5 Å². The largest absolute Gasteiger partial charge is 0.444 e. The van der Waals surface area contributed by atoms with Gasteiger partial charge in [0, 0.05) is 57.5 Å². The molecule has 0 aromatic carbocycles. The van der Waals surface area contributed by atoms with Gasteiger partial charge in [0.1, 0.15) is 5.60 Å². The van der Waals surface area contributed by atoms with Crippen LogP contribution in [0.5, 0.6) is 0 Å². The molecule has 10 fully saturated rings. The van der Waals surface area contributed by atoms with Crippen LogP contribution in [0.3, 0.4) is 0 Å². The minimum absolute atomic E-state index is 0.00957. The molecule has 10 rings (SSSR count). The van der Waals surface area contributed by atoms with Gasteiger partial charge < -0.3 is 10.1 Å². The van der Waals surface area contributed by atoms with Gasteiger partial charge in [0.25, 0.3) is 0 Å². The van der Waals surface area contributed by atoms with Crippen LogP contribution in [0.25, 0.3) is 0 Å². The number of likely N-dealkylation sites (tertiary alicyclic amines) is 1. The molecule has 384 valence electrons. The van der Waals surface area contributed by atoms with Crippen molar-refractivity contribution in [1.82, 2.24) is 28.3 Å². The molecule has 4 saturated heterocycles. The van der Waals surface area contributed by atoms with Crippen molar-refractivity contribution in [3.05, 3.63) is 25.3 Å². The topological polar surface area (TPSA) is 209 Å². The van der Waals surface area contributed by atoms with Crippen molar-refractivity contribution < 1.29 is 45.5 Å². The molecular weight excluding hydrogens is 921 g/mol. The zero-order chi connectivity index (χ0) is 50.2. The Morgan fingerprint density at radius 1 is 0.638 bits per heavy atom. The number of allylic oxidation sites excluding steroid dienone is 2. The summed E-state index contributed by atoms with van der Waals surface area (Å²) in [7, 11) is -7.82. The molecule has 0 aromatic rings. The zero-order valence-electron chi connectivity index (χ0n) is 42.2. The van der Waals surface area contributed by atoms with E-state index in [1.165, 1.54) is 27.9 Å². The Morgan fingerprint density at radius 3 is 1.45 bits per heavy atom. The average Bonchev–Trinajstić information content (AvgIpc) is 3.88. The number of Topliss-reactive ketones (excluding diaryl/α,β-unsaturated/α-hetero) is 2. The van der Waals surface area contributed by atoms with Crippen LogP contribution in [0.15, 0.2) is 25.3 Å². The smallest absolute Gasteiger partial charge is 0.410 e. The zero-order valence-corrected chi connectivity index (χ0v) is 43.8. The summed E-state index contributed by atoms with van der Waals surface area (Å²) in [6.07, 6.45) is 15.3. The van der Waals surface area contributed by atoms with E-state index in [-0.39, 0.29) is 69.4 Å². The van der Waals surface area contributed by atoms with E-state index < -0.39 is 60.8 Å². The highest BCUT2D eigenvalue weighted by molar-refractivity contribution is 7.88. The molecule has 16 nitrogen and oxygen atoms in total. The van der Waals surface area contributed by atoms with Crippen LogP contribution in [0.4, 0.5) is 4.79 Å². The lowest BCUT2D eigenvalue weighted by Gasteiger charge is -2.32. The Hall–Kier alpha value is -3.19. The van der Waals surface area contributed by atoms with Gasteiger partial charge in [-0.25, -0.2) is 14.2 Å². The van der Waals surface area contributed by atoms with Crippen molar-refractivity contribution in [1.29, 1.82) is 0 Å². The third-order valence-corrected chi connectivity index (χ3v) is 23.8. The quantitative estimate of drug-likeness (QED) is 0.173. The van der Waals surface area contributed by atoms with E-state index >= 15 is 0 Å². The Balaban J connectivity index is 0.000000175. The van der Waals surface area contributed by atoms with Gasteiger partial charge in [-0.05, 0) is 137 Å². The average molecular weight is 999 g/mol. The predicted molar refractivity (Wildman–Crippen MR) is 259 cm³/mol. The summed E-state index contributed by atoms with van der Waals surface area (Å²) < 4.78 is 63.7. The second-order valence-electron chi connectivity index (χ2n) is 25.0. The maximum absolute atomic E-state index is 14.0. The van der Waals surface area contributed by atoms with E-state index in [4.69, 9.17) is 4.74 Å². The maximum Gasteiger partial charge on any atom is 0.410 e. The van der Waals surface area contributed by atoms with Gasteiger partial charge in [-0.3, -0.25) is 24.1 Å². The fourth-order valence-electron chi connectivity index (χ4n) is 15.8. The van der Waals surface area contributed by atoms with E-state index in [0.29, 0.717) is 57.4 Å². The number of nitrogens with one attached hydrogen (secondary N) is 3. The summed E-state index contributed by atoms with van der Waals surface area (Å²) in [4.78, 5) is 68.7. The molecule has 6 saturated carbocycles. The van der Waals surface area contributed by atoms with Crippen molar-refractivity contribution in [2.45, 2.75) is 169 Å². The molecule has 0 radical (unpaired) electrons. The predicted octanol–water partition coefficient (Wildman–Crippen LogP) is 5.95. The first kappa shape index (κ1) is 50.7. The van der Waals surface area contributed by atoms with Crippen LogP contribution in [0, 0.1) is 55.2 Å². The van der Waals surface area contributed by atoms with Crippen molar-refractivity contribution >= 4 is 49.9 Å². The Morgan fingerprint density at radius 2 is 1.07 bits per heavy atom. The monoisotopic (exact) mass is 999 g/mol. The van der Waals surface area contributed by atoms with E-state index in [1.54, 1.807) is 37.8 Å². The first-order chi connectivity index (χ1) is 32.1. The van der Waals surface area contributed by atoms with Crippen molar-refractivity contribution in [3.63, 3.8) is 0 Å². The molecule has 10 aliphatic rings. The summed E-state index contributed by atoms with van der Waals surface area (Å²) in [5.74, 6) is -1.82. The molecule has 0 aromatic heterocycles. The van der Waals surface area contributed by atoms with Crippen LogP contribution in [0.2, 0.25) is 0 Å². The van der Waals surface area contributed by atoms with E-state index in [1.807, 2.05) is 0 Å². The molecule has 4 aliphatic heterocycles. The SMILES string of the molecule is C=C[C@@H]1C[C@]1(CC(=O)[C@@H]1C[C@@]2(CN1)C(C)(C)C21CCC1)C(=O)NS(=O)(=O)N1CCCC1.C=C[C@@H]1C[C@]1(CC(=O)[C@@H]1C[C@@]2(CN1C(=O)OC(C)(C)C)C(C)(C)C21CCC1)C(=O)NS(=O)(=O)N1CCCC1. The number of ketones is 2. The minimum atomic E-state index is -3.96. The number of amides is 3. The summed E-state index contributed by atoms with van der Waals surface area (Å²) in [5, 5.41) is 3.47. The fraction of sp³-hybridized carbons (Fsp3) is 0.824. The van der Waals surface area contributed by atoms with Gasteiger partial charge in [0.2, 0.25) is 11.8 Å². The van der Waals surface area contributed by atoms with Crippen LogP contribution >= 0.6 is 0 Å². The Labute approximate surface area is 410 Å². The molecule has 8 atom stereocenters. The Bertz CT molecular complexity index is 2430. The fourth-order valence-corrected chi connectivity index (χ4v) is 18.4. The molecule has 0 unspecified atom stereocenters. The molecule has 3 N–H and O–H groups in total. The first-order valence-corrected chi connectivity index (χ1v) is 28.7. The number of carbonyl (C=O) groups excluding carboxylic acids is 5. The molecule has 4 spiro atoms. The van der Waals surface area contributed by atoms with Gasteiger partial charge in [-0.2, -0.15) is 25.4 Å². The molecule has 0 bridgehead atoms. The first-order valence-electron chi connectivity index (χ1n) is 25.8. The van der Waals surface area contributed by atoms with E-state index in [9.17, 15) is 40.8 Å². The lowest BCUT2D eigenvalue weighted by molar-refractivity contribution is -0.131. The van der Waals surface area contributed by atoms with Crippen LogP contribution in [-0.2, 0) is 44.3 Å². The maximum atomic E-state index is 14.0. The molecule has 4 heterocycles. The number of nitrogens with zero attached hydrogens (tertiary/aromatic N) is 3. The van der Waals surface area contributed by atoms with Crippen LogP contribution < -0.4 is 14.8 Å². The molecule has 69 heavy (non-hydrogen) atoms. The van der Waals surface area contributed by atoms with E-state index in [2.05, 4.69) is 55.6 Å². The van der Waals surface area contributed by atoms with Gasteiger partial charge in [-0.1, -0.05) is 52.7 Å². The standard InChI is InChI=1S/C28H43N3O6S.C23H35N3O4S/c1-7-19-15-26(19,22(33)29-38(35,36)30-13-8-9-14-30)17-21(32)20-16-28(25(5,6)27(28)11-10-12-27)18-31(20)23(34)37-24(2,3)4;1-4-16-12-21(16,19(28)25-31(29,30)26-10-5-6-11-26)14-18(27)17-13-23(15-24-17)20(2,3)22(23)8-7-9-22/h7,19-20H,1,8-18H2,2-6H3,(H,29,33);4,16-17,24H,1,5-15H2,2-3H3,(H,25,28)/t19-,20+,26-,28-;16-,17+,21-,23-/m11/s1. The molecule has 18 heteroatoms. The number of rotatable bonds is 14. The van der Waals surface area contributed by atoms with Crippen molar-refractivity contribution in [2.24, 2.45) is 55.2 Å². The van der Waals surface area contributed by atoms with Gasteiger partial charge in [0.05, 0.1) is 22.9 Å². The number of carbonyl (C=O) groups is 5. The number of fused-ring (bicyclic) bond motifs is 2. The van der Waals surface area contributed by atoms with Crippen molar-refractivity contribution in [2.75, 3.05) is 39.3 Å². The van der Waals surface area contributed by atoms with Gasteiger partial charge in [0.15, 0.2) is 11.6 Å². The lowest BCUT2D eigenvalue weighted by Crippen LogP contribution is -2.47. The highest BCUT2D eigenvalue weighted by Gasteiger charge is 2.86. The summed E-state index contributed by atoms with van der Waals surface area (Å²) >= 11 is 0. The van der Waals surface area contributed by atoms with Crippen LogP contribution in [0.1, 0.15) is 151 Å². The number of hydrogen-bond acceptors (Lipinski definition) is 11. The molecular formula is C51H78N6O10S2. The number of hydrogen-bond donors (Lipinski definition) is 3. The summed E-state index contributed by atoms with van der Waals surface area (Å²) in [5.41, 5.74) is -2.02. The number of ether oxygens (including phenoxy) is 1. The minimum Gasteiger partial charge on any atom is -0.444 e. The summed E-state index contributed by atoms with van der Waals surface area (Å²) in [6.45, 7) is 25.2. The normalized spacial score (nSPS) is 37.3. The molecule has 3 amide bonds. The third kappa shape index (κ3) is 7.49. The van der Waals surface area contributed by atoms with Gasteiger partial charge in [-0.15, -0.1) is 13.2 Å². The lowest BCUT2D eigenvalue weighted by atomic mass is 9.73. The Kier molecular flexibility index (Phi) is 12.1. The second-order valence-corrected chi connectivity index (χ2v) is 28.4. The van der Waals surface area contributed by atoms with Crippen LogP contribution in [-0.4, -0.2) is 117 Å².